The standard InChI is InChI=1S/C10H18N4O2S/c1-7(4-15)6-17-10-3-8(14-11)12-9(13-10)5-16-2/h3,7,15H,4-6,11H2,1-2H3,(H,12,13,14). The third-order valence-corrected chi connectivity index (χ3v) is 3.24. The average Bonchev–Trinajstić information content (AvgIpc) is 2.36. The molecule has 0 aliphatic heterocycles. The number of nitrogen functional groups attached to an aromatic ring is 1. The topological polar surface area (TPSA) is 93.3 Å². The van der Waals surface area contributed by atoms with Gasteiger partial charge in [-0.25, -0.2) is 15.8 Å². The molecule has 96 valence electrons. The maximum atomic E-state index is 8.95. The third-order valence-electron chi connectivity index (χ3n) is 2.00. The first-order valence-corrected chi connectivity index (χ1v) is 6.25. The van der Waals surface area contributed by atoms with Crippen LogP contribution in [-0.2, 0) is 11.3 Å². The Hall–Kier alpha value is -0.890. The van der Waals surface area contributed by atoms with E-state index in [-0.39, 0.29) is 12.5 Å². The number of hydrogen-bond acceptors (Lipinski definition) is 7. The van der Waals surface area contributed by atoms with Gasteiger partial charge in [0.1, 0.15) is 17.5 Å². The zero-order valence-electron chi connectivity index (χ0n) is 10.0. The van der Waals surface area contributed by atoms with Crippen molar-refractivity contribution in [2.75, 3.05) is 24.9 Å². The van der Waals surface area contributed by atoms with Crippen molar-refractivity contribution in [1.82, 2.24) is 9.97 Å². The van der Waals surface area contributed by atoms with Crippen LogP contribution in [0.25, 0.3) is 0 Å². The molecule has 4 N–H and O–H groups in total. The van der Waals surface area contributed by atoms with Gasteiger partial charge in [-0.15, -0.1) is 11.8 Å². The van der Waals surface area contributed by atoms with E-state index in [9.17, 15) is 0 Å². The van der Waals surface area contributed by atoms with E-state index in [1.54, 1.807) is 24.9 Å². The Kier molecular flexibility index (Phi) is 6.20. The van der Waals surface area contributed by atoms with Crippen molar-refractivity contribution in [1.29, 1.82) is 0 Å². The highest BCUT2D eigenvalue weighted by molar-refractivity contribution is 7.99. The fraction of sp³-hybridized carbons (Fsp3) is 0.600. The summed E-state index contributed by atoms with van der Waals surface area (Å²) >= 11 is 1.56. The molecule has 1 unspecified atom stereocenters. The lowest BCUT2D eigenvalue weighted by Crippen LogP contribution is -2.11. The Balaban J connectivity index is 2.72. The molecule has 1 atom stereocenters. The number of aromatic nitrogens is 2. The number of hydrazine groups is 1. The highest BCUT2D eigenvalue weighted by Gasteiger charge is 2.07. The lowest BCUT2D eigenvalue weighted by molar-refractivity contribution is 0.177. The van der Waals surface area contributed by atoms with Gasteiger partial charge >= 0.3 is 0 Å². The molecule has 0 amide bonds. The van der Waals surface area contributed by atoms with E-state index < -0.39 is 0 Å². The average molecular weight is 258 g/mol. The van der Waals surface area contributed by atoms with E-state index in [4.69, 9.17) is 15.7 Å². The molecule has 0 fully saturated rings. The highest BCUT2D eigenvalue weighted by atomic mass is 32.2. The molecule has 17 heavy (non-hydrogen) atoms. The number of nitrogens with zero attached hydrogens (tertiary/aromatic N) is 2. The first kappa shape index (κ1) is 14.2. The number of methoxy groups -OCH3 is 1. The number of aliphatic hydroxyl groups is 1. The zero-order valence-corrected chi connectivity index (χ0v) is 10.8. The lowest BCUT2D eigenvalue weighted by Gasteiger charge is -2.09. The summed E-state index contributed by atoms with van der Waals surface area (Å²) in [5.74, 6) is 7.51. The lowest BCUT2D eigenvalue weighted by atomic mass is 10.2. The summed E-state index contributed by atoms with van der Waals surface area (Å²) in [6, 6.07) is 1.77. The van der Waals surface area contributed by atoms with Gasteiger partial charge in [0.15, 0.2) is 5.82 Å². The summed E-state index contributed by atoms with van der Waals surface area (Å²) in [6.45, 7) is 2.50. The van der Waals surface area contributed by atoms with Gasteiger partial charge in [-0.2, -0.15) is 0 Å². The SMILES string of the molecule is COCc1nc(NN)cc(SCC(C)CO)n1. The van der Waals surface area contributed by atoms with E-state index in [0.29, 0.717) is 18.2 Å². The van der Waals surface area contributed by atoms with E-state index in [1.165, 1.54) is 0 Å². The maximum Gasteiger partial charge on any atom is 0.157 e. The Morgan fingerprint density at radius 2 is 2.35 bits per heavy atom. The Bertz CT molecular complexity index is 351. The molecular formula is C10H18N4O2S. The van der Waals surface area contributed by atoms with E-state index in [0.717, 1.165) is 10.8 Å². The first-order valence-electron chi connectivity index (χ1n) is 5.26. The van der Waals surface area contributed by atoms with Crippen LogP contribution in [0.2, 0.25) is 0 Å². The number of nitrogens with one attached hydrogen (secondary N) is 1. The molecule has 1 aromatic rings. The molecule has 0 bridgehead atoms. The minimum atomic E-state index is 0.172. The Morgan fingerprint density at radius 3 is 2.94 bits per heavy atom. The molecular weight excluding hydrogens is 240 g/mol. The van der Waals surface area contributed by atoms with Gasteiger partial charge in [0.05, 0.1) is 0 Å². The van der Waals surface area contributed by atoms with Gasteiger partial charge in [0, 0.05) is 25.5 Å². The fourth-order valence-electron chi connectivity index (χ4n) is 1.09. The Labute approximate surface area is 105 Å². The second kappa shape index (κ2) is 7.44. The van der Waals surface area contributed by atoms with E-state index in [1.807, 2.05) is 6.92 Å². The van der Waals surface area contributed by atoms with E-state index >= 15 is 0 Å². The van der Waals surface area contributed by atoms with Crippen molar-refractivity contribution in [3.05, 3.63) is 11.9 Å². The highest BCUT2D eigenvalue weighted by Crippen LogP contribution is 2.21. The summed E-state index contributed by atoms with van der Waals surface area (Å²) in [6.07, 6.45) is 0. The first-order chi connectivity index (χ1) is 8.19. The molecule has 0 saturated heterocycles. The molecule has 1 rings (SSSR count). The van der Waals surface area contributed by atoms with Crippen LogP contribution in [0.1, 0.15) is 12.7 Å². The van der Waals surface area contributed by atoms with Gasteiger partial charge in [-0.05, 0) is 5.92 Å². The summed E-state index contributed by atoms with van der Waals surface area (Å²) < 4.78 is 4.99. The minimum Gasteiger partial charge on any atom is -0.396 e. The molecule has 1 heterocycles. The van der Waals surface area contributed by atoms with Crippen molar-refractivity contribution in [3.63, 3.8) is 0 Å². The number of nitrogens with two attached hydrogens (primary N) is 1. The molecule has 6 nitrogen and oxygen atoms in total. The Morgan fingerprint density at radius 1 is 1.59 bits per heavy atom. The molecule has 0 spiro atoms. The smallest absolute Gasteiger partial charge is 0.157 e. The summed E-state index contributed by atoms with van der Waals surface area (Å²) in [5, 5.41) is 9.77. The van der Waals surface area contributed by atoms with Crippen LogP contribution in [0.5, 0.6) is 0 Å². The van der Waals surface area contributed by atoms with Crippen molar-refractivity contribution in [2.45, 2.75) is 18.6 Å². The molecule has 0 saturated carbocycles. The second-order valence-corrected chi connectivity index (χ2v) is 4.72. The zero-order chi connectivity index (χ0) is 12.7. The van der Waals surface area contributed by atoms with Crippen LogP contribution in [-0.4, -0.2) is 34.5 Å². The molecule has 0 aromatic carbocycles. The molecule has 0 aliphatic rings. The fourth-order valence-corrected chi connectivity index (χ4v) is 2.02. The molecule has 0 aliphatic carbocycles. The normalized spacial score (nSPS) is 12.5. The number of thioether (sulfide) groups is 1. The van der Waals surface area contributed by atoms with Crippen LogP contribution < -0.4 is 11.3 Å². The van der Waals surface area contributed by atoms with E-state index in [2.05, 4.69) is 15.4 Å². The van der Waals surface area contributed by atoms with Crippen molar-refractivity contribution in [3.8, 4) is 0 Å². The molecule has 0 radical (unpaired) electrons. The second-order valence-electron chi connectivity index (χ2n) is 3.68. The number of rotatable bonds is 7. The predicted octanol–water partition coefficient (Wildman–Crippen LogP) is 0.629. The van der Waals surface area contributed by atoms with Gasteiger partial charge in [0.2, 0.25) is 0 Å². The van der Waals surface area contributed by atoms with Crippen LogP contribution in [0.3, 0.4) is 0 Å². The van der Waals surface area contributed by atoms with Crippen LogP contribution in [0, 0.1) is 5.92 Å². The monoisotopic (exact) mass is 258 g/mol. The number of anilines is 1. The summed E-state index contributed by atoms with van der Waals surface area (Å²) in [5.41, 5.74) is 2.50. The largest absolute Gasteiger partial charge is 0.396 e. The van der Waals surface area contributed by atoms with Crippen LogP contribution >= 0.6 is 11.8 Å². The van der Waals surface area contributed by atoms with Gasteiger partial charge in [-0.3, -0.25) is 0 Å². The van der Waals surface area contributed by atoms with Gasteiger partial charge < -0.3 is 15.3 Å². The summed E-state index contributed by atoms with van der Waals surface area (Å²) in [4.78, 5) is 8.48. The number of aliphatic hydroxyl groups excluding tert-OH is 1. The number of ether oxygens (including phenoxy) is 1. The third kappa shape index (κ3) is 4.86. The minimum absolute atomic E-state index is 0.172. The summed E-state index contributed by atoms with van der Waals surface area (Å²) in [7, 11) is 1.59. The predicted molar refractivity (Wildman–Crippen MR) is 67.5 cm³/mol. The van der Waals surface area contributed by atoms with Crippen LogP contribution in [0.15, 0.2) is 11.1 Å². The molecule has 1 aromatic heterocycles. The van der Waals surface area contributed by atoms with Crippen LogP contribution in [0.4, 0.5) is 5.82 Å². The van der Waals surface area contributed by atoms with Crippen molar-refractivity contribution in [2.24, 2.45) is 11.8 Å². The van der Waals surface area contributed by atoms with Gasteiger partial charge in [-0.1, -0.05) is 6.92 Å². The quantitative estimate of drug-likeness (QED) is 0.286. The molecule has 7 heteroatoms. The van der Waals surface area contributed by atoms with Crippen molar-refractivity contribution < 1.29 is 9.84 Å². The maximum absolute atomic E-state index is 8.95. The number of hydrogen-bond donors (Lipinski definition) is 3. The van der Waals surface area contributed by atoms with Crippen molar-refractivity contribution >= 4 is 17.6 Å². The van der Waals surface area contributed by atoms with Gasteiger partial charge in [0.25, 0.3) is 0 Å².